The van der Waals surface area contributed by atoms with Gasteiger partial charge in [0.2, 0.25) is 5.91 Å². The van der Waals surface area contributed by atoms with Gasteiger partial charge in [0.15, 0.2) is 0 Å². The van der Waals surface area contributed by atoms with E-state index < -0.39 is 11.6 Å². The molecule has 2 aliphatic rings. The summed E-state index contributed by atoms with van der Waals surface area (Å²) < 4.78 is 0. The van der Waals surface area contributed by atoms with E-state index in [2.05, 4.69) is 24.5 Å². The summed E-state index contributed by atoms with van der Waals surface area (Å²) in [4.78, 5) is 37.9. The maximum absolute atomic E-state index is 12.6. The van der Waals surface area contributed by atoms with Gasteiger partial charge in [-0.3, -0.25) is 14.5 Å². The predicted octanol–water partition coefficient (Wildman–Crippen LogP) is 0.731. The van der Waals surface area contributed by atoms with E-state index in [0.29, 0.717) is 25.3 Å². The minimum atomic E-state index is -0.777. The van der Waals surface area contributed by atoms with Gasteiger partial charge >= 0.3 is 6.03 Å². The quantitative estimate of drug-likeness (QED) is 0.626. The molecule has 2 fully saturated rings. The van der Waals surface area contributed by atoms with Crippen molar-refractivity contribution in [3.05, 3.63) is 0 Å². The molecule has 4 amide bonds. The van der Waals surface area contributed by atoms with E-state index in [9.17, 15) is 14.4 Å². The third-order valence-electron chi connectivity index (χ3n) is 4.66. The topological polar surface area (TPSA) is 105 Å². The van der Waals surface area contributed by atoms with Gasteiger partial charge in [0.1, 0.15) is 12.1 Å². The molecule has 1 spiro atoms. The van der Waals surface area contributed by atoms with Crippen LogP contribution in [0.3, 0.4) is 0 Å². The molecule has 23 heavy (non-hydrogen) atoms. The van der Waals surface area contributed by atoms with Crippen molar-refractivity contribution in [1.29, 1.82) is 0 Å². The standard InChI is InChI=1S/C16H28N4O3/c1-11(2)8-12(9-17)18-13(21)10-20-14(22)16(19-15(20)23)6-4-3-5-7-16/h11-12H,3-10,17H2,1-2H3,(H,18,21)(H,19,23). The van der Waals surface area contributed by atoms with Crippen LogP contribution in [0.5, 0.6) is 0 Å². The van der Waals surface area contributed by atoms with Gasteiger partial charge in [-0.05, 0) is 25.2 Å². The van der Waals surface area contributed by atoms with Crippen LogP contribution in [0.15, 0.2) is 0 Å². The summed E-state index contributed by atoms with van der Waals surface area (Å²) in [5, 5.41) is 5.63. The minimum absolute atomic E-state index is 0.132. The van der Waals surface area contributed by atoms with Crippen molar-refractivity contribution in [2.45, 2.75) is 64.0 Å². The van der Waals surface area contributed by atoms with Crippen molar-refractivity contribution in [1.82, 2.24) is 15.5 Å². The summed E-state index contributed by atoms with van der Waals surface area (Å²) in [7, 11) is 0. The molecule has 4 N–H and O–H groups in total. The number of nitrogens with two attached hydrogens (primary N) is 1. The number of nitrogens with one attached hydrogen (secondary N) is 2. The molecule has 130 valence electrons. The van der Waals surface area contributed by atoms with Crippen LogP contribution in [0.2, 0.25) is 0 Å². The predicted molar refractivity (Wildman–Crippen MR) is 86.5 cm³/mol. The summed E-state index contributed by atoms with van der Waals surface area (Å²) in [6.07, 6.45) is 5.03. The molecule has 1 atom stereocenters. The Hall–Kier alpha value is -1.63. The molecule has 1 aliphatic carbocycles. The molecule has 0 aromatic carbocycles. The average molecular weight is 324 g/mol. The molecule has 0 aromatic rings. The molecule has 1 saturated carbocycles. The smallest absolute Gasteiger partial charge is 0.325 e. The highest BCUT2D eigenvalue weighted by Crippen LogP contribution is 2.33. The van der Waals surface area contributed by atoms with Crippen molar-refractivity contribution < 1.29 is 14.4 Å². The number of imide groups is 1. The van der Waals surface area contributed by atoms with Gasteiger partial charge in [0, 0.05) is 12.6 Å². The first kappa shape index (κ1) is 17.7. The summed E-state index contributed by atoms with van der Waals surface area (Å²) in [6.45, 7) is 4.22. The van der Waals surface area contributed by atoms with Crippen LogP contribution in [0.1, 0.15) is 52.4 Å². The Morgan fingerprint density at radius 3 is 2.52 bits per heavy atom. The monoisotopic (exact) mass is 324 g/mol. The number of nitrogens with zero attached hydrogens (tertiary/aromatic N) is 1. The average Bonchev–Trinajstić information content (AvgIpc) is 2.71. The second-order valence-corrected chi connectivity index (χ2v) is 7.09. The zero-order valence-corrected chi connectivity index (χ0v) is 14.1. The lowest BCUT2D eigenvalue weighted by atomic mass is 9.82. The normalized spacial score (nSPS) is 21.7. The van der Waals surface area contributed by atoms with Crippen molar-refractivity contribution in [2.75, 3.05) is 13.1 Å². The van der Waals surface area contributed by atoms with Crippen molar-refractivity contribution in [2.24, 2.45) is 11.7 Å². The fourth-order valence-electron chi connectivity index (χ4n) is 3.51. The zero-order chi connectivity index (χ0) is 17.0. The maximum atomic E-state index is 12.6. The Morgan fingerprint density at radius 2 is 1.96 bits per heavy atom. The van der Waals surface area contributed by atoms with Gasteiger partial charge in [0.05, 0.1) is 0 Å². The van der Waals surface area contributed by atoms with Crippen molar-refractivity contribution >= 4 is 17.8 Å². The number of carbonyl (C=O) groups excluding carboxylic acids is 3. The molecule has 1 aliphatic heterocycles. The number of urea groups is 1. The maximum Gasteiger partial charge on any atom is 0.325 e. The molecule has 1 heterocycles. The molecule has 0 radical (unpaired) electrons. The summed E-state index contributed by atoms with van der Waals surface area (Å²) in [5.74, 6) is -0.186. The Kier molecular flexibility index (Phi) is 5.62. The van der Waals surface area contributed by atoms with Crippen LogP contribution in [-0.2, 0) is 9.59 Å². The highest BCUT2D eigenvalue weighted by atomic mass is 16.2. The summed E-state index contributed by atoms with van der Waals surface area (Å²) in [5.41, 5.74) is 4.89. The number of rotatable bonds is 6. The van der Waals surface area contributed by atoms with Crippen molar-refractivity contribution in [3.8, 4) is 0 Å². The number of hydrogen-bond acceptors (Lipinski definition) is 4. The Morgan fingerprint density at radius 1 is 1.30 bits per heavy atom. The van der Waals surface area contributed by atoms with Gasteiger partial charge in [-0.15, -0.1) is 0 Å². The molecule has 1 unspecified atom stereocenters. The second kappa shape index (κ2) is 7.29. The first-order chi connectivity index (χ1) is 10.9. The Balaban J connectivity index is 1.95. The van der Waals surface area contributed by atoms with Gasteiger partial charge in [0.25, 0.3) is 5.91 Å². The second-order valence-electron chi connectivity index (χ2n) is 7.09. The lowest BCUT2D eigenvalue weighted by molar-refractivity contribution is -0.136. The van der Waals surface area contributed by atoms with Crippen LogP contribution in [0.4, 0.5) is 4.79 Å². The molecular weight excluding hydrogens is 296 g/mol. The zero-order valence-electron chi connectivity index (χ0n) is 14.1. The Bertz CT molecular complexity index is 472. The fourth-order valence-corrected chi connectivity index (χ4v) is 3.51. The van der Waals surface area contributed by atoms with E-state index >= 15 is 0 Å². The first-order valence-electron chi connectivity index (χ1n) is 8.51. The molecule has 7 heteroatoms. The summed E-state index contributed by atoms with van der Waals surface area (Å²) >= 11 is 0. The van der Waals surface area contributed by atoms with E-state index in [0.717, 1.165) is 30.6 Å². The largest absolute Gasteiger partial charge is 0.351 e. The highest BCUT2D eigenvalue weighted by Gasteiger charge is 2.51. The van der Waals surface area contributed by atoms with Gasteiger partial charge in [-0.25, -0.2) is 4.79 Å². The van der Waals surface area contributed by atoms with Gasteiger partial charge in [-0.1, -0.05) is 33.1 Å². The van der Waals surface area contributed by atoms with Crippen molar-refractivity contribution in [3.63, 3.8) is 0 Å². The SMILES string of the molecule is CC(C)CC(CN)NC(=O)CN1C(=O)NC2(CCCCC2)C1=O. The number of carbonyl (C=O) groups is 3. The molecule has 1 saturated heterocycles. The molecule has 0 aromatic heterocycles. The number of amides is 4. The third kappa shape index (κ3) is 4.02. The van der Waals surface area contributed by atoms with E-state index in [1.54, 1.807) is 0 Å². The van der Waals surface area contributed by atoms with Crippen LogP contribution >= 0.6 is 0 Å². The van der Waals surface area contributed by atoms with Gasteiger partial charge < -0.3 is 16.4 Å². The lowest BCUT2D eigenvalue weighted by Gasteiger charge is -2.30. The lowest BCUT2D eigenvalue weighted by Crippen LogP contribution is -2.50. The van der Waals surface area contributed by atoms with E-state index in [1.807, 2.05) is 0 Å². The van der Waals surface area contributed by atoms with Crippen LogP contribution in [0.25, 0.3) is 0 Å². The van der Waals surface area contributed by atoms with Crippen LogP contribution in [-0.4, -0.2) is 47.4 Å². The molecule has 7 nitrogen and oxygen atoms in total. The first-order valence-corrected chi connectivity index (χ1v) is 8.51. The van der Waals surface area contributed by atoms with E-state index in [-0.39, 0.29) is 24.4 Å². The summed E-state index contributed by atoms with van der Waals surface area (Å²) in [6, 6.07) is -0.591. The van der Waals surface area contributed by atoms with Crippen LogP contribution in [0, 0.1) is 5.92 Å². The van der Waals surface area contributed by atoms with Gasteiger partial charge in [-0.2, -0.15) is 0 Å². The Labute approximate surface area is 137 Å². The number of hydrogen-bond donors (Lipinski definition) is 3. The minimum Gasteiger partial charge on any atom is -0.351 e. The van der Waals surface area contributed by atoms with Crippen LogP contribution < -0.4 is 16.4 Å². The third-order valence-corrected chi connectivity index (χ3v) is 4.66. The molecule has 0 bridgehead atoms. The van der Waals surface area contributed by atoms with E-state index in [4.69, 9.17) is 5.73 Å². The van der Waals surface area contributed by atoms with E-state index in [1.165, 1.54) is 0 Å². The molecule has 2 rings (SSSR count). The molecular formula is C16H28N4O3. The fraction of sp³-hybridized carbons (Fsp3) is 0.812. The highest BCUT2D eigenvalue weighted by molar-refractivity contribution is 6.09.